The largest absolute Gasteiger partial charge is 0.383 e. The average molecular weight is 339 g/mol. The number of aryl methyl sites for hydroxylation is 1. The number of piperidine rings is 1. The summed E-state index contributed by atoms with van der Waals surface area (Å²) in [5.74, 6) is 0.361. The molecule has 2 bridgehead atoms. The zero-order valence-electron chi connectivity index (χ0n) is 14.6. The second-order valence-corrected chi connectivity index (χ2v) is 7.38. The minimum atomic E-state index is -0.946. The fourth-order valence-corrected chi connectivity index (χ4v) is 4.66. The summed E-state index contributed by atoms with van der Waals surface area (Å²) in [6.45, 7) is 0. The Hall–Kier alpha value is -2.14. The molecule has 2 aliphatic heterocycles. The first kappa shape index (κ1) is 16.3. The van der Waals surface area contributed by atoms with Crippen LogP contribution in [-0.4, -0.2) is 43.9 Å². The molecule has 0 saturated carbocycles. The molecule has 2 aliphatic rings. The number of amides is 1. The van der Waals surface area contributed by atoms with Crippen molar-refractivity contribution in [2.24, 2.45) is 7.05 Å². The summed E-state index contributed by atoms with van der Waals surface area (Å²) in [5.41, 5.74) is 2.26. The third-order valence-electron chi connectivity index (χ3n) is 5.82. The molecular formula is C20H25N3O2. The van der Waals surface area contributed by atoms with Crippen molar-refractivity contribution >= 4 is 5.91 Å². The topological polar surface area (TPSA) is 58.4 Å². The smallest absolute Gasteiger partial charge is 0.252 e. The molecule has 132 valence electrons. The van der Waals surface area contributed by atoms with Gasteiger partial charge in [-0.2, -0.15) is 5.10 Å². The van der Waals surface area contributed by atoms with E-state index in [2.05, 4.69) is 11.2 Å². The highest BCUT2D eigenvalue weighted by atomic mass is 16.3. The zero-order valence-corrected chi connectivity index (χ0v) is 14.6. The number of carbonyl (C=O) groups excluding carboxylic acids is 1. The molecule has 2 unspecified atom stereocenters. The SMILES string of the molecule is Cn1nccc1C1CC2CCC(C1)N2C(=O)[C@@H](O)Cc1ccccc1. The predicted octanol–water partition coefficient (Wildman–Crippen LogP) is 2.26. The summed E-state index contributed by atoms with van der Waals surface area (Å²) in [4.78, 5) is 14.9. The van der Waals surface area contributed by atoms with E-state index in [0.717, 1.165) is 31.2 Å². The number of hydrogen-bond donors (Lipinski definition) is 1. The maximum atomic E-state index is 12.9. The number of aliphatic hydroxyl groups is 1. The number of fused-ring (bicyclic) bond motifs is 2. The van der Waals surface area contributed by atoms with Crippen LogP contribution in [0.2, 0.25) is 0 Å². The second-order valence-electron chi connectivity index (χ2n) is 7.38. The van der Waals surface area contributed by atoms with E-state index in [4.69, 9.17) is 0 Å². The summed E-state index contributed by atoms with van der Waals surface area (Å²) in [6, 6.07) is 12.3. The molecule has 2 fully saturated rings. The van der Waals surface area contributed by atoms with Gasteiger partial charge in [0.2, 0.25) is 0 Å². The van der Waals surface area contributed by atoms with Crippen LogP contribution in [0.1, 0.15) is 42.9 Å². The zero-order chi connectivity index (χ0) is 17.4. The van der Waals surface area contributed by atoms with Crippen LogP contribution in [0.5, 0.6) is 0 Å². The Labute approximate surface area is 148 Å². The first-order valence-electron chi connectivity index (χ1n) is 9.15. The third-order valence-corrected chi connectivity index (χ3v) is 5.82. The number of benzene rings is 1. The normalized spacial score (nSPS) is 26.6. The highest BCUT2D eigenvalue weighted by Gasteiger charge is 2.45. The van der Waals surface area contributed by atoms with Crippen molar-refractivity contribution in [3.63, 3.8) is 0 Å². The third kappa shape index (κ3) is 3.09. The number of nitrogens with zero attached hydrogens (tertiary/aromatic N) is 3. The molecule has 0 spiro atoms. The Kier molecular flexibility index (Phi) is 4.34. The summed E-state index contributed by atoms with van der Waals surface area (Å²) in [6.07, 6.45) is 5.32. The van der Waals surface area contributed by atoms with E-state index < -0.39 is 6.10 Å². The fourth-order valence-electron chi connectivity index (χ4n) is 4.66. The molecule has 1 aromatic heterocycles. The maximum absolute atomic E-state index is 12.9. The molecule has 4 rings (SSSR count). The lowest BCUT2D eigenvalue weighted by Crippen LogP contribution is -2.50. The van der Waals surface area contributed by atoms with Gasteiger partial charge in [0.15, 0.2) is 0 Å². The summed E-state index contributed by atoms with van der Waals surface area (Å²) in [5, 5.41) is 14.8. The van der Waals surface area contributed by atoms with Crippen LogP contribution in [0.3, 0.4) is 0 Å². The van der Waals surface area contributed by atoms with Gasteiger partial charge in [0.1, 0.15) is 6.10 Å². The summed E-state index contributed by atoms with van der Waals surface area (Å²) >= 11 is 0. The predicted molar refractivity (Wildman–Crippen MR) is 95.0 cm³/mol. The van der Waals surface area contributed by atoms with Crippen LogP contribution in [-0.2, 0) is 18.3 Å². The lowest BCUT2D eigenvalue weighted by molar-refractivity contribution is -0.145. The van der Waals surface area contributed by atoms with E-state index >= 15 is 0 Å². The lowest BCUT2D eigenvalue weighted by Gasteiger charge is -2.40. The Morgan fingerprint density at radius 1 is 1.20 bits per heavy atom. The van der Waals surface area contributed by atoms with E-state index in [1.807, 2.05) is 53.2 Å². The van der Waals surface area contributed by atoms with Crippen molar-refractivity contribution in [2.75, 3.05) is 0 Å². The minimum Gasteiger partial charge on any atom is -0.383 e. The first-order valence-corrected chi connectivity index (χ1v) is 9.15. The van der Waals surface area contributed by atoms with Crippen molar-refractivity contribution in [2.45, 2.75) is 56.2 Å². The van der Waals surface area contributed by atoms with Crippen molar-refractivity contribution in [1.29, 1.82) is 0 Å². The summed E-state index contributed by atoms with van der Waals surface area (Å²) < 4.78 is 1.95. The summed E-state index contributed by atoms with van der Waals surface area (Å²) in [7, 11) is 1.98. The molecule has 1 aromatic carbocycles. The van der Waals surface area contributed by atoms with Gasteiger partial charge in [-0.05, 0) is 37.3 Å². The number of hydrogen-bond acceptors (Lipinski definition) is 3. The molecule has 2 saturated heterocycles. The molecule has 2 aromatic rings. The highest BCUT2D eigenvalue weighted by molar-refractivity contribution is 5.82. The quantitative estimate of drug-likeness (QED) is 0.929. The molecule has 5 heteroatoms. The molecule has 0 aliphatic carbocycles. The molecule has 0 radical (unpaired) electrons. The Balaban J connectivity index is 1.45. The van der Waals surface area contributed by atoms with Gasteiger partial charge in [0.05, 0.1) is 0 Å². The van der Waals surface area contributed by atoms with E-state index in [-0.39, 0.29) is 18.0 Å². The van der Waals surface area contributed by atoms with Crippen molar-refractivity contribution < 1.29 is 9.90 Å². The lowest BCUT2D eigenvalue weighted by atomic mass is 9.87. The van der Waals surface area contributed by atoms with E-state index in [1.165, 1.54) is 5.69 Å². The standard InChI is InChI=1S/C20H25N3O2/c1-22-18(9-10-21-22)15-12-16-7-8-17(13-15)23(16)20(25)19(24)11-14-5-3-2-4-6-14/h2-6,9-10,15-17,19,24H,7-8,11-13H2,1H3/t15?,16?,17?,19-/m0/s1. The Morgan fingerprint density at radius 2 is 1.88 bits per heavy atom. The van der Waals surface area contributed by atoms with E-state index in [0.29, 0.717) is 12.3 Å². The van der Waals surface area contributed by atoms with Gasteiger partial charge in [0, 0.05) is 43.4 Å². The van der Waals surface area contributed by atoms with Gasteiger partial charge in [-0.3, -0.25) is 9.48 Å². The van der Waals surface area contributed by atoms with E-state index in [1.54, 1.807) is 0 Å². The van der Waals surface area contributed by atoms with Gasteiger partial charge in [-0.15, -0.1) is 0 Å². The van der Waals surface area contributed by atoms with Crippen LogP contribution < -0.4 is 0 Å². The molecule has 3 heterocycles. The van der Waals surface area contributed by atoms with Crippen LogP contribution in [0, 0.1) is 0 Å². The fraction of sp³-hybridized carbons (Fsp3) is 0.500. The maximum Gasteiger partial charge on any atom is 0.252 e. The minimum absolute atomic E-state index is 0.0974. The highest BCUT2D eigenvalue weighted by Crippen LogP contribution is 2.43. The van der Waals surface area contributed by atoms with Crippen LogP contribution in [0.4, 0.5) is 0 Å². The molecule has 1 amide bonds. The average Bonchev–Trinajstić information content (AvgIpc) is 3.15. The molecule has 3 atom stereocenters. The molecule has 25 heavy (non-hydrogen) atoms. The first-order chi connectivity index (χ1) is 12.1. The van der Waals surface area contributed by atoms with Crippen molar-refractivity contribution in [1.82, 2.24) is 14.7 Å². The Morgan fingerprint density at radius 3 is 2.48 bits per heavy atom. The number of aliphatic hydroxyl groups excluding tert-OH is 1. The van der Waals surface area contributed by atoms with Crippen molar-refractivity contribution in [3.05, 3.63) is 53.9 Å². The van der Waals surface area contributed by atoms with Gasteiger partial charge >= 0.3 is 0 Å². The van der Waals surface area contributed by atoms with Crippen LogP contribution >= 0.6 is 0 Å². The van der Waals surface area contributed by atoms with Gasteiger partial charge in [-0.1, -0.05) is 30.3 Å². The Bertz CT molecular complexity index is 728. The molecular weight excluding hydrogens is 314 g/mol. The van der Waals surface area contributed by atoms with E-state index in [9.17, 15) is 9.90 Å². The second kappa shape index (κ2) is 6.64. The number of rotatable bonds is 4. The van der Waals surface area contributed by atoms with Crippen LogP contribution in [0.25, 0.3) is 0 Å². The van der Waals surface area contributed by atoms with Gasteiger partial charge in [0.25, 0.3) is 5.91 Å². The van der Waals surface area contributed by atoms with Crippen molar-refractivity contribution in [3.8, 4) is 0 Å². The number of carbonyl (C=O) groups is 1. The molecule has 1 N–H and O–H groups in total. The van der Waals surface area contributed by atoms with Crippen LogP contribution in [0.15, 0.2) is 42.6 Å². The molecule has 5 nitrogen and oxygen atoms in total. The van der Waals surface area contributed by atoms with Gasteiger partial charge < -0.3 is 10.0 Å². The number of aromatic nitrogens is 2. The van der Waals surface area contributed by atoms with Gasteiger partial charge in [-0.25, -0.2) is 0 Å². The monoisotopic (exact) mass is 339 g/mol.